The molecule has 0 heterocycles. The first-order chi connectivity index (χ1) is 8.06. The van der Waals surface area contributed by atoms with Crippen LogP contribution in [0.3, 0.4) is 0 Å². The van der Waals surface area contributed by atoms with Gasteiger partial charge in [0.05, 0.1) is 25.4 Å². The molecule has 17 heavy (non-hydrogen) atoms. The first-order valence-corrected chi connectivity index (χ1v) is 5.36. The number of hydrogen-bond donors (Lipinski definition) is 1. The van der Waals surface area contributed by atoms with Crippen LogP contribution in [-0.2, 0) is 9.47 Å². The van der Waals surface area contributed by atoms with E-state index >= 15 is 0 Å². The summed E-state index contributed by atoms with van der Waals surface area (Å²) < 4.78 is 36.6. The molecule has 0 aliphatic heterocycles. The molecule has 1 aromatic rings. The van der Waals surface area contributed by atoms with Gasteiger partial charge in [-0.15, -0.1) is 0 Å². The molecular formula is C12H17F2NO2. The summed E-state index contributed by atoms with van der Waals surface area (Å²) in [6.45, 7) is 2.36. The van der Waals surface area contributed by atoms with E-state index in [0.29, 0.717) is 6.61 Å². The first kappa shape index (κ1) is 14.0. The molecule has 0 aliphatic carbocycles. The summed E-state index contributed by atoms with van der Waals surface area (Å²) in [5.74, 6) is -1.81. The van der Waals surface area contributed by atoms with Gasteiger partial charge >= 0.3 is 0 Å². The van der Waals surface area contributed by atoms with Crippen LogP contribution in [0.25, 0.3) is 0 Å². The summed E-state index contributed by atoms with van der Waals surface area (Å²) >= 11 is 0. The zero-order chi connectivity index (χ0) is 12.8. The van der Waals surface area contributed by atoms with Gasteiger partial charge in [0.15, 0.2) is 11.6 Å². The van der Waals surface area contributed by atoms with Gasteiger partial charge in [-0.25, -0.2) is 8.78 Å². The number of hydrogen-bond acceptors (Lipinski definition) is 3. The summed E-state index contributed by atoms with van der Waals surface area (Å²) in [6.07, 6.45) is -0.136. The van der Waals surface area contributed by atoms with Crippen molar-refractivity contribution in [2.24, 2.45) is 5.73 Å². The molecule has 0 aromatic heterocycles. The highest BCUT2D eigenvalue weighted by atomic mass is 19.2. The monoisotopic (exact) mass is 245 g/mol. The number of methoxy groups -OCH3 is 1. The highest BCUT2D eigenvalue weighted by Gasteiger charge is 2.15. The summed E-state index contributed by atoms with van der Waals surface area (Å²) in [5, 5.41) is 0. The van der Waals surface area contributed by atoms with E-state index in [1.54, 1.807) is 7.11 Å². The maximum absolute atomic E-state index is 13.4. The largest absolute Gasteiger partial charge is 0.382 e. The molecule has 5 heteroatoms. The van der Waals surface area contributed by atoms with E-state index in [1.807, 2.05) is 6.92 Å². The van der Waals surface area contributed by atoms with Crippen LogP contribution in [0.4, 0.5) is 8.78 Å². The molecule has 1 aromatic carbocycles. The molecule has 96 valence electrons. The third kappa shape index (κ3) is 4.03. The lowest BCUT2D eigenvalue weighted by molar-refractivity contribution is 0.00295. The fourth-order valence-electron chi connectivity index (χ4n) is 1.45. The van der Waals surface area contributed by atoms with Crippen molar-refractivity contribution in [2.45, 2.75) is 19.1 Å². The Morgan fingerprint density at radius 1 is 1.29 bits per heavy atom. The number of halogens is 2. The summed E-state index contributed by atoms with van der Waals surface area (Å²) in [7, 11) is 1.56. The Hall–Kier alpha value is -1.04. The Morgan fingerprint density at radius 2 is 2.00 bits per heavy atom. The van der Waals surface area contributed by atoms with Crippen LogP contribution >= 0.6 is 0 Å². The maximum atomic E-state index is 13.4. The normalized spacial score (nSPS) is 14.6. The molecule has 0 fully saturated rings. The van der Waals surface area contributed by atoms with Crippen molar-refractivity contribution in [1.82, 2.24) is 0 Å². The van der Waals surface area contributed by atoms with Crippen molar-refractivity contribution in [3.05, 3.63) is 35.4 Å². The van der Waals surface area contributed by atoms with Crippen LogP contribution in [-0.4, -0.2) is 26.4 Å². The Bertz CT molecular complexity index is 360. The molecule has 0 aliphatic rings. The van der Waals surface area contributed by atoms with Crippen molar-refractivity contribution in [1.29, 1.82) is 0 Å². The van der Waals surface area contributed by atoms with Gasteiger partial charge in [0, 0.05) is 12.7 Å². The van der Waals surface area contributed by atoms with Crippen LogP contribution in [0, 0.1) is 11.6 Å². The second-order valence-electron chi connectivity index (χ2n) is 3.85. The number of ether oxygens (including phenoxy) is 2. The van der Waals surface area contributed by atoms with E-state index in [1.165, 1.54) is 12.1 Å². The molecule has 0 spiro atoms. The molecule has 0 saturated heterocycles. The van der Waals surface area contributed by atoms with Crippen LogP contribution in [0.15, 0.2) is 18.2 Å². The minimum Gasteiger partial charge on any atom is -0.382 e. The molecule has 0 amide bonds. The molecule has 2 atom stereocenters. The Morgan fingerprint density at radius 3 is 2.65 bits per heavy atom. The van der Waals surface area contributed by atoms with Crippen molar-refractivity contribution >= 4 is 0 Å². The average Bonchev–Trinajstić information content (AvgIpc) is 2.30. The lowest BCUT2D eigenvalue weighted by atomic mass is 10.1. The van der Waals surface area contributed by atoms with Crippen molar-refractivity contribution in [2.75, 3.05) is 20.3 Å². The predicted octanol–water partition coefficient (Wildman–Crippen LogP) is 2.02. The van der Waals surface area contributed by atoms with Crippen molar-refractivity contribution in [3.63, 3.8) is 0 Å². The molecule has 0 bridgehead atoms. The van der Waals surface area contributed by atoms with Crippen LogP contribution < -0.4 is 5.73 Å². The molecule has 0 saturated carbocycles. The zero-order valence-corrected chi connectivity index (χ0v) is 9.95. The van der Waals surface area contributed by atoms with E-state index in [0.717, 1.165) is 6.07 Å². The van der Waals surface area contributed by atoms with Gasteiger partial charge < -0.3 is 15.2 Å². The zero-order valence-electron chi connectivity index (χ0n) is 9.95. The second kappa shape index (κ2) is 6.64. The van der Waals surface area contributed by atoms with Gasteiger partial charge in [0.25, 0.3) is 0 Å². The molecule has 3 nitrogen and oxygen atoms in total. The highest BCUT2D eigenvalue weighted by Crippen LogP contribution is 2.18. The van der Waals surface area contributed by atoms with Crippen molar-refractivity contribution in [3.8, 4) is 0 Å². The van der Waals surface area contributed by atoms with E-state index < -0.39 is 17.7 Å². The average molecular weight is 245 g/mol. The SMILES string of the molecule is COCC(C)OCC(N)c1cccc(F)c1F. The van der Waals surface area contributed by atoms with Gasteiger partial charge in [0.2, 0.25) is 0 Å². The van der Waals surface area contributed by atoms with E-state index in [-0.39, 0.29) is 18.3 Å². The third-order valence-corrected chi connectivity index (χ3v) is 2.34. The number of benzene rings is 1. The fraction of sp³-hybridized carbons (Fsp3) is 0.500. The number of nitrogens with two attached hydrogens (primary N) is 1. The van der Waals surface area contributed by atoms with E-state index in [4.69, 9.17) is 15.2 Å². The fourth-order valence-corrected chi connectivity index (χ4v) is 1.45. The van der Waals surface area contributed by atoms with Crippen LogP contribution in [0.5, 0.6) is 0 Å². The maximum Gasteiger partial charge on any atom is 0.163 e. The lowest BCUT2D eigenvalue weighted by Gasteiger charge is -2.17. The predicted molar refractivity (Wildman–Crippen MR) is 60.6 cm³/mol. The van der Waals surface area contributed by atoms with Gasteiger partial charge in [-0.3, -0.25) is 0 Å². The second-order valence-corrected chi connectivity index (χ2v) is 3.85. The lowest BCUT2D eigenvalue weighted by Crippen LogP contribution is -2.24. The van der Waals surface area contributed by atoms with Gasteiger partial charge in [-0.2, -0.15) is 0 Å². The quantitative estimate of drug-likeness (QED) is 0.833. The smallest absolute Gasteiger partial charge is 0.163 e. The van der Waals surface area contributed by atoms with E-state index in [9.17, 15) is 8.78 Å². The topological polar surface area (TPSA) is 44.5 Å². The molecule has 1 rings (SSSR count). The summed E-state index contributed by atoms with van der Waals surface area (Å²) in [6, 6.07) is 3.24. The van der Waals surface area contributed by atoms with Crippen molar-refractivity contribution < 1.29 is 18.3 Å². The highest BCUT2D eigenvalue weighted by molar-refractivity contribution is 5.22. The van der Waals surface area contributed by atoms with Crippen LogP contribution in [0.1, 0.15) is 18.5 Å². The third-order valence-electron chi connectivity index (χ3n) is 2.34. The molecule has 0 radical (unpaired) electrons. The van der Waals surface area contributed by atoms with E-state index in [2.05, 4.69) is 0 Å². The molecule has 2 N–H and O–H groups in total. The summed E-state index contributed by atoms with van der Waals surface area (Å²) in [5.41, 5.74) is 5.86. The minimum atomic E-state index is -0.914. The Labute approximate surface area is 99.5 Å². The Balaban J connectivity index is 2.58. The Kier molecular flexibility index (Phi) is 5.47. The number of rotatable bonds is 6. The molecular weight excluding hydrogens is 228 g/mol. The molecule has 2 unspecified atom stereocenters. The van der Waals surface area contributed by atoms with Crippen LogP contribution in [0.2, 0.25) is 0 Å². The standard InChI is InChI=1S/C12H17F2NO2/c1-8(6-16-2)17-7-11(15)9-4-3-5-10(13)12(9)14/h3-5,8,11H,6-7,15H2,1-2H3. The summed E-state index contributed by atoms with van der Waals surface area (Å²) in [4.78, 5) is 0. The minimum absolute atomic E-state index is 0.116. The van der Waals surface area contributed by atoms with Gasteiger partial charge in [-0.05, 0) is 13.0 Å². The van der Waals surface area contributed by atoms with Gasteiger partial charge in [0.1, 0.15) is 0 Å². The first-order valence-electron chi connectivity index (χ1n) is 5.36. The van der Waals surface area contributed by atoms with Gasteiger partial charge in [-0.1, -0.05) is 12.1 Å².